The lowest BCUT2D eigenvalue weighted by atomic mass is 10.1. The van der Waals surface area contributed by atoms with Gasteiger partial charge in [-0.05, 0) is 35.9 Å². The first-order valence-corrected chi connectivity index (χ1v) is 10.8. The van der Waals surface area contributed by atoms with Gasteiger partial charge >= 0.3 is 0 Å². The Labute approximate surface area is 184 Å². The molecule has 0 bridgehead atoms. The van der Waals surface area contributed by atoms with E-state index in [2.05, 4.69) is 5.32 Å². The van der Waals surface area contributed by atoms with Gasteiger partial charge in [-0.1, -0.05) is 42.5 Å². The lowest BCUT2D eigenvalue weighted by Crippen LogP contribution is -2.38. The van der Waals surface area contributed by atoms with Crippen LogP contribution in [0.4, 0.5) is 17.1 Å². The summed E-state index contributed by atoms with van der Waals surface area (Å²) in [7, 11) is -4.44. The molecule has 0 aromatic heterocycles. The van der Waals surface area contributed by atoms with E-state index in [0.717, 1.165) is 22.0 Å². The first-order valence-electron chi connectivity index (χ1n) is 9.40. The molecule has 0 heterocycles. The second-order valence-electron chi connectivity index (χ2n) is 6.65. The number of anilines is 2. The molecule has 3 aromatic carbocycles. The number of carbonyl (C=O) groups is 1. The molecular weight excluding hydrogens is 432 g/mol. The van der Waals surface area contributed by atoms with Crippen LogP contribution < -0.4 is 9.62 Å². The van der Waals surface area contributed by atoms with E-state index in [-0.39, 0.29) is 12.1 Å². The van der Waals surface area contributed by atoms with Crippen LogP contribution in [0.2, 0.25) is 0 Å². The van der Waals surface area contributed by atoms with Gasteiger partial charge in [-0.3, -0.25) is 19.2 Å². The third-order valence-corrected chi connectivity index (χ3v) is 6.30. The van der Waals surface area contributed by atoms with Crippen LogP contribution in [0.25, 0.3) is 0 Å². The lowest BCUT2D eigenvalue weighted by molar-refractivity contribution is -0.387. The number of benzene rings is 3. The molecule has 32 heavy (non-hydrogen) atoms. The van der Waals surface area contributed by atoms with Crippen molar-refractivity contribution < 1.29 is 18.1 Å². The van der Waals surface area contributed by atoms with Gasteiger partial charge in [0.05, 0.1) is 23.1 Å². The highest BCUT2D eigenvalue weighted by Gasteiger charge is 2.33. The van der Waals surface area contributed by atoms with Crippen molar-refractivity contribution in [2.45, 2.75) is 11.3 Å². The van der Waals surface area contributed by atoms with E-state index in [1.165, 1.54) is 24.3 Å². The zero-order chi connectivity index (χ0) is 23.1. The van der Waals surface area contributed by atoms with Gasteiger partial charge in [0.25, 0.3) is 15.7 Å². The van der Waals surface area contributed by atoms with Crippen LogP contribution in [0.15, 0.2) is 83.8 Å². The van der Waals surface area contributed by atoms with Crippen molar-refractivity contribution in [3.05, 3.63) is 94.5 Å². The Hall–Kier alpha value is -4.23. The number of nitrogens with zero attached hydrogens (tertiary/aromatic N) is 3. The number of hydrogen-bond acceptors (Lipinski definition) is 6. The summed E-state index contributed by atoms with van der Waals surface area (Å²) < 4.78 is 27.6. The van der Waals surface area contributed by atoms with Crippen LogP contribution in [0.5, 0.6) is 0 Å². The zero-order valence-corrected chi connectivity index (χ0v) is 17.5. The molecule has 10 heteroatoms. The molecule has 0 aliphatic heterocycles. The predicted molar refractivity (Wildman–Crippen MR) is 118 cm³/mol. The number of rotatable bonds is 8. The fraction of sp³-hybridized carbons (Fsp3) is 0.0909. The van der Waals surface area contributed by atoms with E-state index in [1.54, 1.807) is 42.5 Å². The summed E-state index contributed by atoms with van der Waals surface area (Å²) in [5, 5.41) is 22.7. The third kappa shape index (κ3) is 5.08. The van der Waals surface area contributed by atoms with E-state index >= 15 is 0 Å². The number of nitro benzene ring substituents is 1. The monoisotopic (exact) mass is 450 g/mol. The Balaban J connectivity index is 1.93. The highest BCUT2D eigenvalue weighted by Crippen LogP contribution is 2.29. The van der Waals surface area contributed by atoms with E-state index in [9.17, 15) is 23.3 Å². The van der Waals surface area contributed by atoms with Gasteiger partial charge in [-0.25, -0.2) is 8.42 Å². The second kappa shape index (κ2) is 9.72. The lowest BCUT2D eigenvalue weighted by Gasteiger charge is -2.24. The molecule has 0 radical (unpaired) electrons. The quantitative estimate of drug-likeness (QED) is 0.412. The summed E-state index contributed by atoms with van der Waals surface area (Å²) >= 11 is 0. The topological polar surface area (TPSA) is 133 Å². The predicted octanol–water partition coefficient (Wildman–Crippen LogP) is 3.49. The summed E-state index contributed by atoms with van der Waals surface area (Å²) in [6, 6.07) is 21.4. The van der Waals surface area contributed by atoms with Crippen molar-refractivity contribution in [1.82, 2.24) is 0 Å². The summed E-state index contributed by atoms with van der Waals surface area (Å²) in [5.41, 5.74) is 0.801. The van der Waals surface area contributed by atoms with Gasteiger partial charge in [0.2, 0.25) is 5.91 Å². The maximum Gasteiger partial charge on any atom is 0.289 e. The first-order chi connectivity index (χ1) is 15.3. The summed E-state index contributed by atoms with van der Waals surface area (Å²) in [5.74, 6) is -0.635. The molecule has 0 aliphatic rings. The van der Waals surface area contributed by atoms with Crippen LogP contribution in [0.1, 0.15) is 5.56 Å². The van der Waals surface area contributed by atoms with Crippen molar-refractivity contribution >= 4 is 33.0 Å². The fourth-order valence-electron chi connectivity index (χ4n) is 2.98. The van der Waals surface area contributed by atoms with Crippen molar-refractivity contribution in [3.8, 4) is 6.07 Å². The molecule has 3 aromatic rings. The molecule has 162 valence electrons. The Bertz CT molecular complexity index is 1270. The highest BCUT2D eigenvalue weighted by atomic mass is 32.2. The van der Waals surface area contributed by atoms with Crippen LogP contribution in [-0.2, 0) is 21.2 Å². The number of nitro groups is 1. The van der Waals surface area contributed by atoms with Gasteiger partial charge in [-0.2, -0.15) is 5.26 Å². The molecule has 0 unspecified atom stereocenters. The SMILES string of the molecule is N#CCc1ccc(NC(=O)CN(c2ccccc2)S(=O)(=O)c2ccccc2[N+](=O)[O-])cc1. The van der Waals surface area contributed by atoms with Crippen LogP contribution in [0.3, 0.4) is 0 Å². The third-order valence-electron chi connectivity index (χ3n) is 4.48. The molecule has 1 N–H and O–H groups in total. The van der Waals surface area contributed by atoms with Gasteiger partial charge in [0.15, 0.2) is 4.90 Å². The maximum atomic E-state index is 13.4. The molecule has 3 rings (SSSR count). The van der Waals surface area contributed by atoms with Gasteiger partial charge in [0.1, 0.15) is 6.54 Å². The Morgan fingerprint density at radius 1 is 1.00 bits per heavy atom. The van der Waals surface area contributed by atoms with Crippen molar-refractivity contribution in [2.24, 2.45) is 0 Å². The second-order valence-corrected chi connectivity index (χ2v) is 8.48. The molecule has 0 saturated heterocycles. The largest absolute Gasteiger partial charge is 0.325 e. The van der Waals surface area contributed by atoms with E-state index < -0.39 is 38.0 Å². The van der Waals surface area contributed by atoms with E-state index in [0.29, 0.717) is 5.69 Å². The molecular formula is C22H18N4O5S. The molecule has 0 atom stereocenters. The Morgan fingerprint density at radius 2 is 1.62 bits per heavy atom. The number of carbonyl (C=O) groups excluding carboxylic acids is 1. The molecule has 0 aliphatic carbocycles. The number of sulfonamides is 1. The summed E-state index contributed by atoms with van der Waals surface area (Å²) in [4.78, 5) is 22.8. The first kappa shape index (κ1) is 22.5. The van der Waals surface area contributed by atoms with Gasteiger partial charge in [-0.15, -0.1) is 0 Å². The number of hydrogen-bond donors (Lipinski definition) is 1. The number of amides is 1. The average Bonchev–Trinajstić information content (AvgIpc) is 2.79. The number of nitriles is 1. The van der Waals surface area contributed by atoms with E-state index in [4.69, 9.17) is 5.26 Å². The fourth-order valence-corrected chi connectivity index (χ4v) is 4.56. The summed E-state index contributed by atoms with van der Waals surface area (Å²) in [6.45, 7) is -0.599. The van der Waals surface area contributed by atoms with Gasteiger partial charge in [0, 0.05) is 11.8 Å². The highest BCUT2D eigenvalue weighted by molar-refractivity contribution is 7.93. The maximum absolute atomic E-state index is 13.4. The Morgan fingerprint density at radius 3 is 2.25 bits per heavy atom. The van der Waals surface area contributed by atoms with Crippen LogP contribution in [0, 0.1) is 21.4 Å². The van der Waals surface area contributed by atoms with Crippen molar-refractivity contribution in [3.63, 3.8) is 0 Å². The van der Waals surface area contributed by atoms with Crippen LogP contribution in [-0.4, -0.2) is 25.8 Å². The van der Waals surface area contributed by atoms with Gasteiger partial charge < -0.3 is 5.32 Å². The molecule has 1 amide bonds. The van der Waals surface area contributed by atoms with Crippen LogP contribution >= 0.6 is 0 Å². The number of para-hydroxylation sites is 2. The average molecular weight is 450 g/mol. The standard InChI is InChI=1S/C22H18N4O5S/c23-15-14-17-10-12-18(13-11-17)24-22(27)16-25(19-6-2-1-3-7-19)32(30,31)21-9-5-4-8-20(21)26(28)29/h1-13H,14,16H2,(H,24,27). The van der Waals surface area contributed by atoms with Crippen molar-refractivity contribution in [1.29, 1.82) is 5.26 Å². The minimum atomic E-state index is -4.44. The smallest absolute Gasteiger partial charge is 0.289 e. The van der Waals surface area contributed by atoms with E-state index in [1.807, 2.05) is 6.07 Å². The minimum Gasteiger partial charge on any atom is -0.325 e. The van der Waals surface area contributed by atoms with Crippen molar-refractivity contribution in [2.75, 3.05) is 16.2 Å². The zero-order valence-electron chi connectivity index (χ0n) is 16.7. The molecule has 9 nitrogen and oxygen atoms in total. The summed E-state index contributed by atoms with van der Waals surface area (Å²) in [6.07, 6.45) is 0.226. The molecule has 0 spiro atoms. The molecule has 0 fully saturated rings. The number of nitrogens with one attached hydrogen (secondary N) is 1. The molecule has 0 saturated carbocycles. The Kier molecular flexibility index (Phi) is 6.82. The normalized spacial score (nSPS) is 10.7. The minimum absolute atomic E-state index is 0.185.